The third-order valence-corrected chi connectivity index (χ3v) is 4.62. The van der Waals surface area contributed by atoms with Crippen LogP contribution in [0.1, 0.15) is 17.9 Å². The number of imidazole rings is 1. The minimum Gasteiger partial charge on any atom is -0.350 e. The van der Waals surface area contributed by atoms with E-state index in [1.54, 1.807) is 0 Å². The van der Waals surface area contributed by atoms with E-state index in [0.29, 0.717) is 6.54 Å². The van der Waals surface area contributed by atoms with Crippen LogP contribution in [0.5, 0.6) is 0 Å². The summed E-state index contributed by atoms with van der Waals surface area (Å²) in [6.07, 6.45) is 5.68. The van der Waals surface area contributed by atoms with E-state index in [-0.39, 0.29) is 11.9 Å². The molecule has 3 heterocycles. The molecular weight excluding hydrogens is 288 g/mol. The van der Waals surface area contributed by atoms with Crippen LogP contribution in [0.15, 0.2) is 42.7 Å². The normalized spacial score (nSPS) is 17.2. The fraction of sp³-hybridized carbons (Fsp3) is 0.333. The first kappa shape index (κ1) is 14.1. The van der Waals surface area contributed by atoms with Crippen LogP contribution < -0.4 is 5.32 Å². The molecule has 0 spiro atoms. The molecule has 5 nitrogen and oxygen atoms in total. The number of para-hydroxylation sites is 1. The highest BCUT2D eigenvalue weighted by molar-refractivity contribution is 5.84. The number of carbonyl (C=O) groups excluding carboxylic acids is 1. The smallest absolute Gasteiger partial charge is 0.240 e. The summed E-state index contributed by atoms with van der Waals surface area (Å²) in [6, 6.07) is 10.5. The predicted molar refractivity (Wildman–Crippen MR) is 89.2 cm³/mol. The number of amides is 1. The van der Waals surface area contributed by atoms with Gasteiger partial charge in [-0.1, -0.05) is 18.2 Å². The molecule has 0 unspecified atom stereocenters. The number of hydrogen-bond donors (Lipinski definition) is 1. The van der Waals surface area contributed by atoms with Crippen molar-refractivity contribution in [3.63, 3.8) is 0 Å². The van der Waals surface area contributed by atoms with Crippen LogP contribution in [-0.4, -0.2) is 26.1 Å². The Bertz CT molecular complexity index is 861. The van der Waals surface area contributed by atoms with Gasteiger partial charge in [0.15, 0.2) is 0 Å². The van der Waals surface area contributed by atoms with E-state index in [0.717, 1.165) is 36.4 Å². The van der Waals surface area contributed by atoms with Gasteiger partial charge >= 0.3 is 0 Å². The van der Waals surface area contributed by atoms with Crippen molar-refractivity contribution in [1.29, 1.82) is 0 Å². The molecule has 0 bridgehead atoms. The van der Waals surface area contributed by atoms with Crippen LogP contribution in [-0.2, 0) is 24.3 Å². The number of nitrogens with zero attached hydrogens (tertiary/aromatic N) is 3. The van der Waals surface area contributed by atoms with Crippen molar-refractivity contribution in [1.82, 2.24) is 19.4 Å². The van der Waals surface area contributed by atoms with Gasteiger partial charge in [-0.25, -0.2) is 4.98 Å². The number of benzene rings is 1. The molecule has 5 heteroatoms. The molecule has 1 aliphatic rings. The molecule has 23 heavy (non-hydrogen) atoms. The third-order valence-electron chi connectivity index (χ3n) is 4.62. The largest absolute Gasteiger partial charge is 0.350 e. The molecule has 0 saturated carbocycles. The highest BCUT2D eigenvalue weighted by Gasteiger charge is 2.20. The van der Waals surface area contributed by atoms with Crippen molar-refractivity contribution in [3.05, 3.63) is 54.2 Å². The molecular formula is C18H20N4O. The summed E-state index contributed by atoms with van der Waals surface area (Å²) in [5.41, 5.74) is 2.22. The summed E-state index contributed by atoms with van der Waals surface area (Å²) >= 11 is 0. The minimum atomic E-state index is 0.0722. The summed E-state index contributed by atoms with van der Waals surface area (Å²) in [5, 5.41) is 4.35. The van der Waals surface area contributed by atoms with Gasteiger partial charge in [0.2, 0.25) is 5.91 Å². The minimum absolute atomic E-state index is 0.0722. The Morgan fingerprint density at radius 2 is 2.26 bits per heavy atom. The molecule has 0 fully saturated rings. The maximum atomic E-state index is 12.5. The monoisotopic (exact) mass is 308 g/mol. The second kappa shape index (κ2) is 5.57. The fourth-order valence-corrected chi connectivity index (χ4v) is 3.46. The standard InChI is InChI=1S/C18H20N4O/c1-13-10-14-4-2-3-5-16(14)22(13)12-18(23)20-15-6-7-17-19-8-9-21(17)11-15/h2-5,8-10,15H,6-7,11-12H2,1H3,(H,20,23)/t15-/m0/s1. The zero-order valence-electron chi connectivity index (χ0n) is 13.2. The van der Waals surface area contributed by atoms with Crippen molar-refractivity contribution in [2.24, 2.45) is 0 Å². The number of rotatable bonds is 3. The number of nitrogens with one attached hydrogen (secondary N) is 1. The lowest BCUT2D eigenvalue weighted by Gasteiger charge is -2.25. The topological polar surface area (TPSA) is 51.9 Å². The summed E-state index contributed by atoms with van der Waals surface area (Å²) in [4.78, 5) is 16.8. The van der Waals surface area contributed by atoms with Crippen LogP contribution >= 0.6 is 0 Å². The average molecular weight is 308 g/mol. The first-order chi connectivity index (χ1) is 11.2. The van der Waals surface area contributed by atoms with E-state index in [2.05, 4.69) is 37.6 Å². The first-order valence-electron chi connectivity index (χ1n) is 8.05. The number of aromatic nitrogens is 3. The number of aryl methyl sites for hydroxylation is 2. The summed E-state index contributed by atoms with van der Waals surface area (Å²) in [5.74, 6) is 1.19. The summed E-state index contributed by atoms with van der Waals surface area (Å²) < 4.78 is 4.21. The second-order valence-corrected chi connectivity index (χ2v) is 6.23. The van der Waals surface area contributed by atoms with E-state index < -0.39 is 0 Å². The van der Waals surface area contributed by atoms with Gasteiger partial charge in [0, 0.05) is 42.6 Å². The van der Waals surface area contributed by atoms with Gasteiger partial charge in [0.25, 0.3) is 0 Å². The number of carbonyl (C=O) groups is 1. The molecule has 0 radical (unpaired) electrons. The molecule has 4 rings (SSSR count). The van der Waals surface area contributed by atoms with Gasteiger partial charge in [-0.05, 0) is 30.9 Å². The van der Waals surface area contributed by atoms with Gasteiger partial charge < -0.3 is 14.5 Å². The number of fused-ring (bicyclic) bond motifs is 2. The Balaban J connectivity index is 1.47. The lowest BCUT2D eigenvalue weighted by atomic mass is 10.1. The first-order valence-corrected chi connectivity index (χ1v) is 8.05. The van der Waals surface area contributed by atoms with Crippen LogP contribution in [0.25, 0.3) is 10.9 Å². The third kappa shape index (κ3) is 2.63. The molecule has 0 aliphatic carbocycles. The molecule has 1 aromatic carbocycles. The van der Waals surface area contributed by atoms with Crippen LogP contribution in [0.2, 0.25) is 0 Å². The quantitative estimate of drug-likeness (QED) is 0.807. The van der Waals surface area contributed by atoms with Crippen LogP contribution in [0.4, 0.5) is 0 Å². The lowest BCUT2D eigenvalue weighted by molar-refractivity contribution is -0.122. The van der Waals surface area contributed by atoms with E-state index >= 15 is 0 Å². The highest BCUT2D eigenvalue weighted by Crippen LogP contribution is 2.19. The van der Waals surface area contributed by atoms with E-state index in [9.17, 15) is 4.79 Å². The van der Waals surface area contributed by atoms with Gasteiger partial charge in [-0.3, -0.25) is 4.79 Å². The van der Waals surface area contributed by atoms with Crippen molar-refractivity contribution < 1.29 is 4.79 Å². The van der Waals surface area contributed by atoms with Crippen molar-refractivity contribution >= 4 is 16.8 Å². The molecule has 1 amide bonds. The predicted octanol–water partition coefficient (Wildman–Crippen LogP) is 2.28. The zero-order valence-corrected chi connectivity index (χ0v) is 13.2. The summed E-state index contributed by atoms with van der Waals surface area (Å²) in [6.45, 7) is 3.23. The van der Waals surface area contributed by atoms with Crippen molar-refractivity contribution in [3.8, 4) is 0 Å². The zero-order chi connectivity index (χ0) is 15.8. The molecule has 3 aromatic rings. The maximum absolute atomic E-state index is 12.5. The molecule has 1 aliphatic heterocycles. The second-order valence-electron chi connectivity index (χ2n) is 6.23. The fourth-order valence-electron chi connectivity index (χ4n) is 3.46. The van der Waals surface area contributed by atoms with Gasteiger partial charge in [0.1, 0.15) is 12.4 Å². The van der Waals surface area contributed by atoms with Crippen molar-refractivity contribution in [2.75, 3.05) is 0 Å². The molecule has 2 aromatic heterocycles. The molecule has 1 atom stereocenters. The molecule has 0 saturated heterocycles. The Hall–Kier alpha value is -2.56. The Morgan fingerprint density at radius 1 is 1.39 bits per heavy atom. The van der Waals surface area contributed by atoms with E-state index in [1.807, 2.05) is 31.5 Å². The van der Waals surface area contributed by atoms with Gasteiger partial charge in [-0.2, -0.15) is 0 Å². The van der Waals surface area contributed by atoms with Gasteiger partial charge in [0.05, 0.1) is 0 Å². The van der Waals surface area contributed by atoms with Crippen molar-refractivity contribution in [2.45, 2.75) is 38.9 Å². The van der Waals surface area contributed by atoms with Crippen LogP contribution in [0, 0.1) is 6.92 Å². The average Bonchev–Trinajstić information content (AvgIpc) is 3.12. The molecule has 1 N–H and O–H groups in total. The Kier molecular flexibility index (Phi) is 3.41. The number of hydrogen-bond acceptors (Lipinski definition) is 2. The molecule has 118 valence electrons. The SMILES string of the molecule is Cc1cc2ccccc2n1CC(=O)N[C@H]1CCc2nccn2C1. The lowest BCUT2D eigenvalue weighted by Crippen LogP contribution is -2.42. The Labute approximate surface area is 134 Å². The van der Waals surface area contributed by atoms with Crippen LogP contribution in [0.3, 0.4) is 0 Å². The van der Waals surface area contributed by atoms with E-state index in [4.69, 9.17) is 0 Å². The Morgan fingerprint density at radius 3 is 3.17 bits per heavy atom. The summed E-state index contributed by atoms with van der Waals surface area (Å²) in [7, 11) is 0. The van der Waals surface area contributed by atoms with Gasteiger partial charge in [-0.15, -0.1) is 0 Å². The maximum Gasteiger partial charge on any atom is 0.240 e. The highest BCUT2D eigenvalue weighted by atomic mass is 16.2. The van der Waals surface area contributed by atoms with E-state index in [1.165, 1.54) is 5.39 Å².